The second-order valence-corrected chi connectivity index (χ2v) is 6.91. The molecule has 0 bridgehead atoms. The molecule has 0 radical (unpaired) electrons. The Kier molecular flexibility index (Phi) is 4.82. The van der Waals surface area contributed by atoms with Gasteiger partial charge in [0.25, 0.3) is 5.91 Å². The molecule has 0 unspecified atom stereocenters. The maximum absolute atomic E-state index is 12.5. The summed E-state index contributed by atoms with van der Waals surface area (Å²) in [7, 11) is 0. The summed E-state index contributed by atoms with van der Waals surface area (Å²) in [4.78, 5) is 31.2. The van der Waals surface area contributed by atoms with Crippen LogP contribution in [0.2, 0.25) is 0 Å². The van der Waals surface area contributed by atoms with Crippen LogP contribution in [0.5, 0.6) is 0 Å². The van der Waals surface area contributed by atoms with Gasteiger partial charge in [-0.25, -0.2) is 9.79 Å². The number of hydrogen-bond acceptors (Lipinski definition) is 5. The average Bonchev–Trinajstić information content (AvgIpc) is 3.17. The molecule has 0 spiro atoms. The number of hydrogen-bond donors (Lipinski definition) is 1. The summed E-state index contributed by atoms with van der Waals surface area (Å²) in [6.07, 6.45) is 1.87. The second kappa shape index (κ2) is 7.02. The highest BCUT2D eigenvalue weighted by Gasteiger charge is 2.32. The Labute approximate surface area is 147 Å². The third-order valence-electron chi connectivity index (χ3n) is 3.36. The van der Waals surface area contributed by atoms with Gasteiger partial charge in [-0.2, -0.15) is 0 Å². The maximum atomic E-state index is 12.5. The lowest BCUT2D eigenvalue weighted by Crippen LogP contribution is -2.28. The van der Waals surface area contributed by atoms with Crippen LogP contribution in [0.1, 0.15) is 22.2 Å². The number of amides is 1. The molecule has 1 aromatic carbocycles. The predicted molar refractivity (Wildman–Crippen MR) is 97.8 cm³/mol. The number of carboxylic acids is 1. The predicted octanol–water partition coefficient (Wildman–Crippen LogP) is 4.07. The Hall–Kier alpha value is -2.38. The number of carbonyl (C=O) groups is 2. The van der Waals surface area contributed by atoms with Crippen molar-refractivity contribution in [1.29, 1.82) is 0 Å². The van der Waals surface area contributed by atoms with Gasteiger partial charge in [-0.05, 0) is 60.5 Å². The average molecular weight is 358 g/mol. The summed E-state index contributed by atoms with van der Waals surface area (Å²) < 4.78 is 0. The van der Waals surface area contributed by atoms with Crippen molar-refractivity contribution in [3.63, 3.8) is 0 Å². The fraction of sp³-hybridized carbons (Fsp3) is 0.118. The molecule has 7 heteroatoms. The smallest absolute Gasteiger partial charge is 0.335 e. The van der Waals surface area contributed by atoms with Crippen molar-refractivity contribution < 1.29 is 14.7 Å². The van der Waals surface area contributed by atoms with Gasteiger partial charge in [-0.15, -0.1) is 11.3 Å². The first kappa shape index (κ1) is 16.5. The van der Waals surface area contributed by atoms with Gasteiger partial charge in [0.15, 0.2) is 5.17 Å². The zero-order valence-corrected chi connectivity index (χ0v) is 14.4. The minimum absolute atomic E-state index is 0.0585. The molecule has 24 heavy (non-hydrogen) atoms. The Bertz CT molecular complexity index is 824. The van der Waals surface area contributed by atoms with Crippen molar-refractivity contribution in [2.45, 2.75) is 6.92 Å². The van der Waals surface area contributed by atoms with E-state index in [1.165, 1.54) is 23.9 Å². The van der Waals surface area contributed by atoms with Crippen LogP contribution in [0, 0.1) is 0 Å². The van der Waals surface area contributed by atoms with Crippen molar-refractivity contribution >= 4 is 51.9 Å². The van der Waals surface area contributed by atoms with Crippen LogP contribution in [-0.4, -0.2) is 33.6 Å². The lowest BCUT2D eigenvalue weighted by molar-refractivity contribution is -0.122. The van der Waals surface area contributed by atoms with Crippen molar-refractivity contribution in [2.24, 2.45) is 4.99 Å². The van der Waals surface area contributed by atoms with E-state index in [0.29, 0.717) is 22.3 Å². The summed E-state index contributed by atoms with van der Waals surface area (Å²) in [5.74, 6) is -1.03. The zero-order valence-electron chi connectivity index (χ0n) is 12.8. The molecular weight excluding hydrogens is 344 g/mol. The standard InChI is InChI=1S/C17H14N2O3S2/c1-2-19-15(20)14(10-13-4-3-9-23-13)24-17(19)18-12-7-5-11(6-8-12)16(21)22/h3-10H,2H2,1H3,(H,21,22)/b14-10-,18-17?. The number of carboxylic acid groups (broad SMARTS) is 1. The first-order valence-corrected chi connectivity index (χ1v) is 8.95. The van der Waals surface area contributed by atoms with Gasteiger partial charge in [0.1, 0.15) is 0 Å². The maximum Gasteiger partial charge on any atom is 0.335 e. The minimum Gasteiger partial charge on any atom is -0.478 e. The number of rotatable bonds is 4. The highest BCUT2D eigenvalue weighted by molar-refractivity contribution is 8.18. The fourth-order valence-corrected chi connectivity index (χ4v) is 3.95. The molecule has 3 rings (SSSR count). The van der Waals surface area contributed by atoms with E-state index in [0.717, 1.165) is 4.88 Å². The van der Waals surface area contributed by atoms with Crippen LogP contribution in [0.4, 0.5) is 5.69 Å². The highest BCUT2D eigenvalue weighted by atomic mass is 32.2. The Morgan fingerprint density at radius 1 is 1.29 bits per heavy atom. The summed E-state index contributed by atoms with van der Waals surface area (Å²) >= 11 is 2.91. The Balaban J connectivity index is 1.89. The van der Waals surface area contributed by atoms with Crippen LogP contribution < -0.4 is 0 Å². The summed E-state index contributed by atoms with van der Waals surface area (Å²) in [5.41, 5.74) is 0.825. The minimum atomic E-state index is -0.976. The number of thioether (sulfide) groups is 1. The summed E-state index contributed by atoms with van der Waals surface area (Å²) in [5, 5.41) is 11.5. The molecule has 0 aliphatic carbocycles. The van der Waals surface area contributed by atoms with E-state index >= 15 is 0 Å². The van der Waals surface area contributed by atoms with Crippen LogP contribution in [-0.2, 0) is 4.79 Å². The van der Waals surface area contributed by atoms with E-state index in [1.54, 1.807) is 28.4 Å². The molecule has 2 heterocycles. The lowest BCUT2D eigenvalue weighted by Gasteiger charge is -2.11. The van der Waals surface area contributed by atoms with E-state index in [4.69, 9.17) is 5.11 Å². The Morgan fingerprint density at radius 3 is 2.62 bits per heavy atom. The second-order valence-electron chi connectivity index (χ2n) is 4.92. The van der Waals surface area contributed by atoms with Crippen molar-refractivity contribution in [3.05, 3.63) is 57.1 Å². The molecule has 1 fully saturated rings. The van der Waals surface area contributed by atoms with E-state index < -0.39 is 5.97 Å². The summed E-state index contributed by atoms with van der Waals surface area (Å²) in [6, 6.07) is 10.2. The molecule has 1 saturated heterocycles. The molecule has 122 valence electrons. The number of amidine groups is 1. The number of likely N-dealkylation sites (N-methyl/N-ethyl adjacent to an activating group) is 1. The molecule has 0 atom stereocenters. The molecule has 1 amide bonds. The number of benzene rings is 1. The van der Waals surface area contributed by atoms with Gasteiger partial charge in [-0.1, -0.05) is 6.07 Å². The Morgan fingerprint density at radius 2 is 2.04 bits per heavy atom. The third-order valence-corrected chi connectivity index (χ3v) is 5.19. The molecule has 1 aliphatic heterocycles. The number of thiophene rings is 1. The number of nitrogens with zero attached hydrogens (tertiary/aromatic N) is 2. The lowest BCUT2D eigenvalue weighted by atomic mass is 10.2. The fourth-order valence-electron chi connectivity index (χ4n) is 2.16. The number of carbonyl (C=O) groups excluding carboxylic acids is 1. The van der Waals surface area contributed by atoms with Gasteiger partial charge < -0.3 is 5.11 Å². The molecular formula is C17H14N2O3S2. The van der Waals surface area contributed by atoms with Crippen molar-refractivity contribution in [3.8, 4) is 0 Å². The number of aliphatic imine (C=N–C) groups is 1. The number of aromatic carboxylic acids is 1. The van der Waals surface area contributed by atoms with E-state index in [9.17, 15) is 9.59 Å². The van der Waals surface area contributed by atoms with Crippen LogP contribution in [0.15, 0.2) is 51.7 Å². The molecule has 1 aromatic heterocycles. The van der Waals surface area contributed by atoms with Crippen molar-refractivity contribution in [2.75, 3.05) is 6.54 Å². The van der Waals surface area contributed by atoms with Gasteiger partial charge >= 0.3 is 5.97 Å². The quantitative estimate of drug-likeness (QED) is 0.837. The van der Waals surface area contributed by atoms with Gasteiger partial charge in [-0.3, -0.25) is 9.69 Å². The first-order chi connectivity index (χ1) is 11.6. The molecule has 0 saturated carbocycles. The third kappa shape index (κ3) is 3.42. The van der Waals surface area contributed by atoms with E-state index in [2.05, 4.69) is 4.99 Å². The van der Waals surface area contributed by atoms with Gasteiger partial charge in [0.05, 0.1) is 16.2 Å². The summed E-state index contributed by atoms with van der Waals surface area (Å²) in [6.45, 7) is 2.43. The van der Waals surface area contributed by atoms with Gasteiger partial charge in [0.2, 0.25) is 0 Å². The molecule has 1 N–H and O–H groups in total. The molecule has 5 nitrogen and oxygen atoms in total. The van der Waals surface area contributed by atoms with Gasteiger partial charge in [0, 0.05) is 11.4 Å². The molecule has 2 aromatic rings. The topological polar surface area (TPSA) is 70.0 Å². The van der Waals surface area contributed by atoms with Crippen LogP contribution in [0.3, 0.4) is 0 Å². The largest absolute Gasteiger partial charge is 0.478 e. The van der Waals surface area contributed by atoms with E-state index in [1.807, 2.05) is 30.5 Å². The van der Waals surface area contributed by atoms with E-state index in [-0.39, 0.29) is 11.5 Å². The zero-order chi connectivity index (χ0) is 17.1. The monoisotopic (exact) mass is 358 g/mol. The SMILES string of the molecule is CCN1C(=O)/C(=C/c2cccs2)SC1=Nc1ccc(C(=O)O)cc1. The van der Waals surface area contributed by atoms with Crippen LogP contribution in [0.25, 0.3) is 6.08 Å². The first-order valence-electron chi connectivity index (χ1n) is 7.25. The highest BCUT2D eigenvalue weighted by Crippen LogP contribution is 2.34. The van der Waals surface area contributed by atoms with Crippen LogP contribution >= 0.6 is 23.1 Å². The van der Waals surface area contributed by atoms with Crippen molar-refractivity contribution in [1.82, 2.24) is 4.90 Å². The molecule has 1 aliphatic rings. The normalized spacial score (nSPS) is 17.9.